The number of rotatable bonds is 5. The number of carbonyl (C=O) groups excluding carboxylic acids is 1. The molecule has 1 amide bonds. The first-order valence-electron chi connectivity index (χ1n) is 9.66. The summed E-state index contributed by atoms with van der Waals surface area (Å²) in [6, 6.07) is 6.40. The van der Waals surface area contributed by atoms with Crippen molar-refractivity contribution in [1.82, 2.24) is 24.9 Å². The Morgan fingerprint density at radius 1 is 1.29 bits per heavy atom. The van der Waals surface area contributed by atoms with Crippen LogP contribution in [0.2, 0.25) is 0 Å². The Hall–Kier alpha value is -2.96. The maximum absolute atomic E-state index is 12.9. The van der Waals surface area contributed by atoms with Crippen LogP contribution in [0.3, 0.4) is 0 Å². The van der Waals surface area contributed by atoms with Crippen LogP contribution in [0.15, 0.2) is 29.2 Å². The summed E-state index contributed by atoms with van der Waals surface area (Å²) in [6.45, 7) is 7.72. The Kier molecular flexibility index (Phi) is 4.53. The standard InChI is InChI=1S/C21H25N5O2/c1-12-5-6-13(2)17(9-12)14(3)23-19(27)11-25-21(28)20-15(4)24-26(16-7-8-16)18(20)10-22-25/h5-6,9-10,14,16H,7-8,11H2,1-4H3,(H,23,27). The predicted molar refractivity (Wildman–Crippen MR) is 107 cm³/mol. The summed E-state index contributed by atoms with van der Waals surface area (Å²) < 4.78 is 3.12. The number of hydrogen-bond donors (Lipinski definition) is 1. The van der Waals surface area contributed by atoms with Crippen molar-refractivity contribution in [2.45, 2.75) is 59.2 Å². The van der Waals surface area contributed by atoms with Gasteiger partial charge < -0.3 is 5.32 Å². The molecule has 2 heterocycles. The molecule has 3 aromatic rings. The Bertz CT molecular complexity index is 1120. The Balaban J connectivity index is 1.55. The van der Waals surface area contributed by atoms with Gasteiger partial charge in [-0.05, 0) is 51.7 Å². The molecule has 1 unspecified atom stereocenters. The zero-order valence-corrected chi connectivity index (χ0v) is 16.7. The van der Waals surface area contributed by atoms with Gasteiger partial charge in [-0.1, -0.05) is 23.8 Å². The highest BCUT2D eigenvalue weighted by Crippen LogP contribution is 2.36. The number of aromatic nitrogens is 4. The van der Waals surface area contributed by atoms with Crippen LogP contribution in [0.25, 0.3) is 10.9 Å². The van der Waals surface area contributed by atoms with E-state index in [4.69, 9.17) is 0 Å². The second kappa shape index (κ2) is 6.89. The molecule has 1 saturated carbocycles. The van der Waals surface area contributed by atoms with Gasteiger partial charge in [-0.15, -0.1) is 0 Å². The predicted octanol–water partition coefficient (Wildman–Crippen LogP) is 2.73. The lowest BCUT2D eigenvalue weighted by Gasteiger charge is -2.17. The average molecular weight is 379 g/mol. The van der Waals surface area contributed by atoms with Crippen LogP contribution in [0.5, 0.6) is 0 Å². The minimum Gasteiger partial charge on any atom is -0.348 e. The van der Waals surface area contributed by atoms with Crippen molar-refractivity contribution in [1.29, 1.82) is 0 Å². The van der Waals surface area contributed by atoms with Gasteiger partial charge in [0.1, 0.15) is 6.54 Å². The van der Waals surface area contributed by atoms with Gasteiger partial charge in [-0.3, -0.25) is 14.3 Å². The lowest BCUT2D eigenvalue weighted by atomic mass is 10.00. The number of benzene rings is 1. The van der Waals surface area contributed by atoms with E-state index in [1.54, 1.807) is 6.20 Å². The van der Waals surface area contributed by atoms with Crippen molar-refractivity contribution in [2.24, 2.45) is 0 Å². The van der Waals surface area contributed by atoms with Crippen LogP contribution < -0.4 is 10.9 Å². The van der Waals surface area contributed by atoms with Gasteiger partial charge in [0, 0.05) is 0 Å². The quantitative estimate of drug-likeness (QED) is 0.739. The third-order valence-corrected chi connectivity index (χ3v) is 5.36. The fourth-order valence-electron chi connectivity index (χ4n) is 3.70. The highest BCUT2D eigenvalue weighted by molar-refractivity contribution is 5.81. The molecule has 1 fully saturated rings. The van der Waals surface area contributed by atoms with E-state index >= 15 is 0 Å². The Morgan fingerprint density at radius 3 is 2.75 bits per heavy atom. The lowest BCUT2D eigenvalue weighted by molar-refractivity contribution is -0.122. The average Bonchev–Trinajstić information content (AvgIpc) is 3.43. The third-order valence-electron chi connectivity index (χ3n) is 5.36. The van der Waals surface area contributed by atoms with Gasteiger partial charge in [0.25, 0.3) is 5.56 Å². The molecule has 7 heteroatoms. The van der Waals surface area contributed by atoms with Crippen LogP contribution in [0.4, 0.5) is 0 Å². The molecule has 4 rings (SSSR count). The van der Waals surface area contributed by atoms with Crippen LogP contribution in [0, 0.1) is 20.8 Å². The first kappa shape index (κ1) is 18.4. The van der Waals surface area contributed by atoms with Crippen LogP contribution >= 0.6 is 0 Å². The van der Waals surface area contributed by atoms with E-state index in [0.29, 0.717) is 17.1 Å². The van der Waals surface area contributed by atoms with Crippen LogP contribution in [-0.2, 0) is 11.3 Å². The number of nitrogens with one attached hydrogen (secondary N) is 1. The highest BCUT2D eigenvalue weighted by Gasteiger charge is 2.28. The van der Waals surface area contributed by atoms with Crippen molar-refractivity contribution in [3.8, 4) is 0 Å². The highest BCUT2D eigenvalue weighted by atomic mass is 16.2. The molecule has 1 aliphatic rings. The molecule has 0 bridgehead atoms. The van der Waals surface area contributed by atoms with Gasteiger partial charge in [0.2, 0.25) is 5.91 Å². The summed E-state index contributed by atoms with van der Waals surface area (Å²) >= 11 is 0. The van der Waals surface area contributed by atoms with E-state index in [9.17, 15) is 9.59 Å². The second-order valence-corrected chi connectivity index (χ2v) is 7.78. The zero-order valence-electron chi connectivity index (χ0n) is 16.7. The summed E-state index contributed by atoms with van der Waals surface area (Å²) in [6.07, 6.45) is 3.81. The molecule has 1 aromatic carbocycles. The monoisotopic (exact) mass is 379 g/mol. The maximum atomic E-state index is 12.9. The third kappa shape index (κ3) is 3.32. The summed E-state index contributed by atoms with van der Waals surface area (Å²) in [5.41, 5.74) is 4.52. The zero-order chi connectivity index (χ0) is 20.0. The van der Waals surface area contributed by atoms with Gasteiger partial charge in [-0.25, -0.2) is 4.68 Å². The number of amides is 1. The molecule has 7 nitrogen and oxygen atoms in total. The molecule has 28 heavy (non-hydrogen) atoms. The van der Waals surface area contributed by atoms with E-state index in [-0.39, 0.29) is 24.1 Å². The van der Waals surface area contributed by atoms with Crippen LogP contribution in [-0.4, -0.2) is 25.5 Å². The minimum absolute atomic E-state index is 0.113. The van der Waals surface area contributed by atoms with Crippen molar-refractivity contribution in [2.75, 3.05) is 0 Å². The minimum atomic E-state index is -0.267. The molecule has 1 N–H and O–H groups in total. The summed E-state index contributed by atoms with van der Waals surface area (Å²) in [5.74, 6) is -0.241. The smallest absolute Gasteiger partial charge is 0.278 e. The molecule has 0 saturated heterocycles. The van der Waals surface area contributed by atoms with Gasteiger partial charge >= 0.3 is 0 Å². The maximum Gasteiger partial charge on any atom is 0.278 e. The van der Waals surface area contributed by atoms with Crippen molar-refractivity contribution in [3.05, 3.63) is 57.1 Å². The van der Waals surface area contributed by atoms with Crippen molar-refractivity contribution in [3.63, 3.8) is 0 Å². The SMILES string of the molecule is Cc1ccc(C)c(C(C)NC(=O)Cn2ncc3c(c(C)nn3C3CC3)c2=O)c1. The van der Waals surface area contributed by atoms with E-state index in [1.165, 1.54) is 4.68 Å². The van der Waals surface area contributed by atoms with E-state index in [0.717, 1.165) is 35.0 Å². The molecule has 2 aromatic heterocycles. The number of carbonyl (C=O) groups is 1. The number of aryl methyl sites for hydroxylation is 3. The topological polar surface area (TPSA) is 81.8 Å². The second-order valence-electron chi connectivity index (χ2n) is 7.78. The number of nitrogens with zero attached hydrogens (tertiary/aromatic N) is 4. The molecular formula is C21H25N5O2. The molecule has 146 valence electrons. The molecule has 0 spiro atoms. The van der Waals surface area contributed by atoms with Gasteiger partial charge in [0.05, 0.1) is 34.9 Å². The van der Waals surface area contributed by atoms with E-state index in [1.807, 2.05) is 38.4 Å². The Labute approximate surface area is 163 Å². The summed E-state index contributed by atoms with van der Waals surface area (Å²) in [7, 11) is 0. The molecule has 1 aliphatic carbocycles. The molecule has 0 radical (unpaired) electrons. The fraction of sp³-hybridized carbons (Fsp3) is 0.429. The first-order valence-corrected chi connectivity index (χ1v) is 9.66. The largest absolute Gasteiger partial charge is 0.348 e. The van der Waals surface area contributed by atoms with Crippen molar-refractivity contribution < 1.29 is 4.79 Å². The Morgan fingerprint density at radius 2 is 2.04 bits per heavy atom. The molecule has 0 aliphatic heterocycles. The molecular weight excluding hydrogens is 354 g/mol. The normalized spacial score (nSPS) is 15.0. The number of fused-ring (bicyclic) bond motifs is 1. The summed E-state index contributed by atoms with van der Waals surface area (Å²) in [5, 5.41) is 12.3. The first-order chi connectivity index (χ1) is 13.3. The van der Waals surface area contributed by atoms with Gasteiger partial charge in [0.15, 0.2) is 0 Å². The lowest BCUT2D eigenvalue weighted by Crippen LogP contribution is -2.35. The fourth-order valence-corrected chi connectivity index (χ4v) is 3.70. The number of hydrogen-bond acceptors (Lipinski definition) is 4. The van der Waals surface area contributed by atoms with Crippen molar-refractivity contribution >= 4 is 16.8 Å². The van der Waals surface area contributed by atoms with Crippen LogP contribution in [0.1, 0.15) is 54.2 Å². The van der Waals surface area contributed by atoms with E-state index in [2.05, 4.69) is 27.6 Å². The summed E-state index contributed by atoms with van der Waals surface area (Å²) in [4.78, 5) is 25.4. The molecule has 1 atom stereocenters. The van der Waals surface area contributed by atoms with Gasteiger partial charge in [-0.2, -0.15) is 10.2 Å². The van der Waals surface area contributed by atoms with E-state index < -0.39 is 0 Å².